The summed E-state index contributed by atoms with van der Waals surface area (Å²) in [5.74, 6) is -5.32. The molecule has 4 atom stereocenters. The molecule has 0 fully saturated rings. The monoisotopic (exact) mass is 585 g/mol. The number of H-pyrrole nitrogens is 1. The van der Waals surface area contributed by atoms with Crippen LogP contribution in [0.3, 0.4) is 0 Å². The fourth-order valence-electron chi connectivity index (χ4n) is 4.10. The molecule has 0 saturated carbocycles. The molecule has 4 unspecified atom stereocenters. The minimum absolute atomic E-state index is 0.0186. The highest BCUT2D eigenvalue weighted by atomic mass is 32.1. The minimum atomic E-state index is -1.44. The van der Waals surface area contributed by atoms with Crippen molar-refractivity contribution in [1.82, 2.24) is 20.9 Å². The zero-order valence-corrected chi connectivity index (χ0v) is 22.6. The lowest BCUT2D eigenvalue weighted by Crippen LogP contribution is -2.58. The third kappa shape index (κ3) is 8.71. The van der Waals surface area contributed by atoms with Crippen LogP contribution in [0.1, 0.15) is 17.5 Å². The number of fused-ring (bicyclic) bond motifs is 1. The van der Waals surface area contributed by atoms with Crippen molar-refractivity contribution in [2.24, 2.45) is 5.73 Å². The van der Waals surface area contributed by atoms with Crippen LogP contribution >= 0.6 is 12.6 Å². The molecule has 0 aliphatic rings. The molecular weight excluding hydrogens is 554 g/mol. The second kappa shape index (κ2) is 14.2. The summed E-state index contributed by atoms with van der Waals surface area (Å²) >= 11 is 3.97. The van der Waals surface area contributed by atoms with Gasteiger partial charge in [0.15, 0.2) is 0 Å². The first kappa shape index (κ1) is 31.0. The van der Waals surface area contributed by atoms with Gasteiger partial charge in [-0.1, -0.05) is 30.3 Å². The summed E-state index contributed by atoms with van der Waals surface area (Å²) in [6, 6.07) is 7.77. The normalized spacial score (nSPS) is 13.9. The van der Waals surface area contributed by atoms with Gasteiger partial charge in [0.2, 0.25) is 17.7 Å². The van der Waals surface area contributed by atoms with Crippen molar-refractivity contribution in [3.05, 3.63) is 65.9 Å². The number of thiol groups is 1. The second-order valence-electron chi connectivity index (χ2n) is 9.34. The summed E-state index contributed by atoms with van der Waals surface area (Å²) in [6.07, 6.45) is 0.878. The van der Waals surface area contributed by atoms with Crippen LogP contribution in [0.2, 0.25) is 0 Å². The molecule has 13 nitrogen and oxygen atoms in total. The predicted octanol–water partition coefficient (Wildman–Crippen LogP) is -0.0705. The number of nitrogens with one attached hydrogen (secondary N) is 4. The van der Waals surface area contributed by atoms with Crippen molar-refractivity contribution in [3.63, 3.8) is 0 Å². The van der Waals surface area contributed by atoms with Gasteiger partial charge in [0.25, 0.3) is 0 Å². The fraction of sp³-hybridized carbons (Fsp3) is 0.296. The van der Waals surface area contributed by atoms with Gasteiger partial charge in [0.05, 0.1) is 12.5 Å². The highest BCUT2D eigenvalue weighted by molar-refractivity contribution is 7.80. The number of aromatic nitrogens is 1. The van der Waals surface area contributed by atoms with Crippen molar-refractivity contribution in [2.75, 3.05) is 5.75 Å². The summed E-state index contributed by atoms with van der Waals surface area (Å²) in [5.41, 5.74) is 7.68. The second-order valence-corrected chi connectivity index (χ2v) is 9.71. The first-order chi connectivity index (χ1) is 19.5. The maximum Gasteiger partial charge on any atom is 0.327 e. The Morgan fingerprint density at radius 2 is 1.41 bits per heavy atom. The molecule has 1 aromatic heterocycles. The molecule has 1 heterocycles. The molecule has 41 heavy (non-hydrogen) atoms. The number of carboxylic acid groups (broad SMARTS) is 2. The molecule has 0 saturated heterocycles. The number of hydrogen-bond acceptors (Lipinski definition) is 8. The van der Waals surface area contributed by atoms with Crippen LogP contribution in [0.5, 0.6) is 5.75 Å². The number of aromatic hydroxyl groups is 1. The Labute approximate surface area is 239 Å². The number of phenolic OH excluding ortho intramolecular Hbond substituents is 1. The zero-order chi connectivity index (χ0) is 30.1. The molecule has 3 amide bonds. The molecule has 0 aliphatic heterocycles. The van der Waals surface area contributed by atoms with Crippen LogP contribution in [0.25, 0.3) is 10.9 Å². The number of hydrogen-bond donors (Lipinski definition) is 9. The van der Waals surface area contributed by atoms with Crippen LogP contribution in [0.15, 0.2) is 54.7 Å². The summed E-state index contributed by atoms with van der Waals surface area (Å²) < 4.78 is 0. The number of rotatable bonds is 14. The van der Waals surface area contributed by atoms with E-state index in [0.29, 0.717) is 11.1 Å². The number of para-hydroxylation sites is 1. The van der Waals surface area contributed by atoms with Crippen molar-refractivity contribution >= 4 is 53.2 Å². The van der Waals surface area contributed by atoms with Gasteiger partial charge in [-0.2, -0.15) is 12.6 Å². The highest BCUT2D eigenvalue weighted by Gasteiger charge is 2.31. The lowest BCUT2D eigenvalue weighted by Gasteiger charge is -2.25. The van der Waals surface area contributed by atoms with E-state index in [2.05, 4.69) is 33.6 Å². The van der Waals surface area contributed by atoms with E-state index in [4.69, 9.17) is 10.8 Å². The van der Waals surface area contributed by atoms with Gasteiger partial charge in [-0.05, 0) is 29.3 Å². The summed E-state index contributed by atoms with van der Waals surface area (Å²) in [6.45, 7) is 0. The van der Waals surface area contributed by atoms with E-state index >= 15 is 0 Å². The third-order valence-corrected chi connectivity index (χ3v) is 6.63. The molecule has 9 N–H and O–H groups in total. The van der Waals surface area contributed by atoms with E-state index in [1.165, 1.54) is 24.3 Å². The van der Waals surface area contributed by atoms with Gasteiger partial charge in [-0.25, -0.2) is 4.79 Å². The SMILES string of the molecule is NC(CC(=O)O)C(=O)NC(Cc1ccc(O)cc1)C(=O)NC(Cc1c[nH]c2ccccc12)C(=O)NC(CS)C(=O)O. The number of carbonyl (C=O) groups is 5. The van der Waals surface area contributed by atoms with E-state index in [1.807, 2.05) is 18.2 Å². The summed E-state index contributed by atoms with van der Waals surface area (Å²) in [7, 11) is 0. The van der Waals surface area contributed by atoms with Crippen LogP contribution in [0.4, 0.5) is 0 Å². The standard InChI is InChI=1S/C27H31N5O8S/c28-18(11-23(34)35)24(36)30-20(9-14-5-7-16(33)8-6-14)25(37)31-21(26(38)32-22(13-41)27(39)40)10-15-12-29-19-4-2-1-3-17(15)19/h1-8,12,18,20-22,29,33,41H,9-11,13,28H2,(H,30,36)(H,31,37)(H,32,38)(H,34,35)(H,39,40). The Bertz CT molecular complexity index is 1410. The first-order valence-electron chi connectivity index (χ1n) is 12.5. The van der Waals surface area contributed by atoms with Gasteiger partial charge in [0.1, 0.15) is 23.9 Å². The topological polar surface area (TPSA) is 224 Å². The summed E-state index contributed by atoms with van der Waals surface area (Å²) in [5, 5.41) is 36.2. The Kier molecular flexibility index (Phi) is 10.7. The fourth-order valence-corrected chi connectivity index (χ4v) is 4.34. The average Bonchev–Trinajstić information content (AvgIpc) is 3.34. The number of carboxylic acids is 2. The van der Waals surface area contributed by atoms with Gasteiger partial charge < -0.3 is 42.0 Å². The lowest BCUT2D eigenvalue weighted by molar-refractivity contribution is -0.141. The van der Waals surface area contributed by atoms with Crippen LogP contribution in [-0.2, 0) is 36.8 Å². The van der Waals surface area contributed by atoms with Crippen molar-refractivity contribution in [1.29, 1.82) is 0 Å². The highest BCUT2D eigenvalue weighted by Crippen LogP contribution is 2.19. The van der Waals surface area contributed by atoms with Crippen LogP contribution in [0, 0.1) is 0 Å². The number of amides is 3. The average molecular weight is 586 g/mol. The third-order valence-electron chi connectivity index (χ3n) is 6.27. The molecule has 0 aliphatic carbocycles. The number of phenols is 1. The van der Waals surface area contributed by atoms with Gasteiger partial charge >= 0.3 is 11.9 Å². The Balaban J connectivity index is 1.90. The molecule has 3 rings (SSSR count). The van der Waals surface area contributed by atoms with Crippen molar-refractivity contribution in [3.8, 4) is 5.75 Å². The molecule has 218 valence electrons. The van der Waals surface area contributed by atoms with E-state index in [1.54, 1.807) is 12.3 Å². The van der Waals surface area contributed by atoms with Crippen molar-refractivity contribution < 1.29 is 39.3 Å². The minimum Gasteiger partial charge on any atom is -0.508 e. The van der Waals surface area contributed by atoms with E-state index < -0.39 is 60.2 Å². The van der Waals surface area contributed by atoms with Gasteiger partial charge in [0, 0.05) is 35.7 Å². The molecular formula is C27H31N5O8S. The van der Waals surface area contributed by atoms with E-state index in [9.17, 15) is 34.2 Å². The predicted molar refractivity (Wildman–Crippen MR) is 151 cm³/mol. The Hall–Kier alpha value is -4.56. The van der Waals surface area contributed by atoms with Crippen molar-refractivity contribution in [2.45, 2.75) is 43.4 Å². The molecule has 0 radical (unpaired) electrons. The Morgan fingerprint density at radius 1 is 0.829 bits per heavy atom. The first-order valence-corrected chi connectivity index (χ1v) is 13.2. The maximum absolute atomic E-state index is 13.5. The summed E-state index contributed by atoms with van der Waals surface area (Å²) in [4.78, 5) is 65.1. The number of carbonyl (C=O) groups excluding carboxylic acids is 3. The quantitative estimate of drug-likeness (QED) is 0.115. The van der Waals surface area contributed by atoms with E-state index in [-0.39, 0.29) is 24.3 Å². The molecule has 0 bridgehead atoms. The zero-order valence-electron chi connectivity index (χ0n) is 21.7. The molecule has 0 spiro atoms. The van der Waals surface area contributed by atoms with Crippen LogP contribution in [-0.4, -0.2) is 79.9 Å². The Morgan fingerprint density at radius 3 is 2.02 bits per heavy atom. The number of nitrogens with two attached hydrogens (primary N) is 1. The molecule has 14 heteroatoms. The number of benzene rings is 2. The number of aliphatic carboxylic acids is 2. The largest absolute Gasteiger partial charge is 0.508 e. The molecule has 2 aromatic carbocycles. The number of aromatic amines is 1. The lowest BCUT2D eigenvalue weighted by atomic mass is 10.0. The van der Waals surface area contributed by atoms with E-state index in [0.717, 1.165) is 10.9 Å². The van der Waals surface area contributed by atoms with Gasteiger partial charge in [-0.3, -0.25) is 19.2 Å². The smallest absolute Gasteiger partial charge is 0.327 e. The van der Waals surface area contributed by atoms with Crippen LogP contribution < -0.4 is 21.7 Å². The van der Waals surface area contributed by atoms with Gasteiger partial charge in [-0.15, -0.1) is 0 Å². The molecule has 3 aromatic rings. The maximum atomic E-state index is 13.5.